The molecule has 0 bridgehead atoms. The van der Waals surface area contributed by atoms with E-state index in [0.29, 0.717) is 17.4 Å². The molecule has 3 heterocycles. The van der Waals surface area contributed by atoms with E-state index in [9.17, 15) is 4.79 Å². The van der Waals surface area contributed by atoms with Crippen LogP contribution in [0.5, 0.6) is 0 Å². The maximum atomic E-state index is 12.5. The fourth-order valence-electron chi connectivity index (χ4n) is 2.74. The number of benzene rings is 1. The number of hydrogen-bond donors (Lipinski definition) is 1. The summed E-state index contributed by atoms with van der Waals surface area (Å²) in [4.78, 5) is 24.1. The molecule has 0 aliphatic carbocycles. The number of aryl methyl sites for hydroxylation is 1. The van der Waals surface area contributed by atoms with Crippen LogP contribution in [0.4, 0.5) is 0 Å². The van der Waals surface area contributed by atoms with Gasteiger partial charge < -0.3 is 4.98 Å². The van der Waals surface area contributed by atoms with Crippen molar-refractivity contribution in [3.8, 4) is 0 Å². The first-order chi connectivity index (χ1) is 10.7. The zero-order valence-electron chi connectivity index (χ0n) is 12.1. The Morgan fingerprint density at radius 2 is 2.14 bits per heavy atom. The molecule has 1 aromatic carbocycles. The molecule has 0 aliphatic rings. The molecule has 22 heavy (non-hydrogen) atoms. The van der Waals surface area contributed by atoms with Gasteiger partial charge in [-0.2, -0.15) is 0 Å². The topological polar surface area (TPSA) is 63.6 Å². The SMILES string of the molecule is Cc1cc2cc(Cn3cnc4ccncc4c3=O)ccc2[nH]1. The highest BCUT2D eigenvalue weighted by Gasteiger charge is 2.05. The lowest BCUT2D eigenvalue weighted by Crippen LogP contribution is -2.21. The number of nitrogens with one attached hydrogen (secondary N) is 1. The van der Waals surface area contributed by atoms with E-state index in [2.05, 4.69) is 27.1 Å². The van der Waals surface area contributed by atoms with Crippen LogP contribution in [0.1, 0.15) is 11.3 Å². The Kier molecular flexibility index (Phi) is 2.79. The number of fused-ring (bicyclic) bond motifs is 2. The lowest BCUT2D eigenvalue weighted by atomic mass is 10.1. The molecule has 0 fully saturated rings. The first kappa shape index (κ1) is 12.8. The number of pyridine rings is 1. The van der Waals surface area contributed by atoms with Gasteiger partial charge in [-0.25, -0.2) is 4.98 Å². The molecule has 0 saturated heterocycles. The smallest absolute Gasteiger partial charge is 0.263 e. The zero-order chi connectivity index (χ0) is 15.1. The van der Waals surface area contributed by atoms with Crippen molar-refractivity contribution in [1.82, 2.24) is 19.5 Å². The van der Waals surface area contributed by atoms with Gasteiger partial charge in [0.25, 0.3) is 5.56 Å². The third kappa shape index (κ3) is 2.07. The molecule has 0 atom stereocenters. The van der Waals surface area contributed by atoms with Crippen molar-refractivity contribution in [2.75, 3.05) is 0 Å². The van der Waals surface area contributed by atoms with Gasteiger partial charge in [-0.1, -0.05) is 6.07 Å². The molecule has 4 aromatic rings. The zero-order valence-corrected chi connectivity index (χ0v) is 12.1. The third-order valence-electron chi connectivity index (χ3n) is 3.80. The highest BCUT2D eigenvalue weighted by atomic mass is 16.1. The lowest BCUT2D eigenvalue weighted by Gasteiger charge is -2.06. The maximum Gasteiger partial charge on any atom is 0.263 e. The van der Waals surface area contributed by atoms with Crippen LogP contribution in [-0.4, -0.2) is 19.5 Å². The molecule has 4 rings (SSSR count). The monoisotopic (exact) mass is 290 g/mol. The van der Waals surface area contributed by atoms with Gasteiger partial charge in [-0.15, -0.1) is 0 Å². The predicted molar refractivity (Wildman–Crippen MR) is 85.9 cm³/mol. The van der Waals surface area contributed by atoms with E-state index >= 15 is 0 Å². The second-order valence-electron chi connectivity index (χ2n) is 5.44. The van der Waals surface area contributed by atoms with Crippen molar-refractivity contribution in [3.63, 3.8) is 0 Å². The quantitative estimate of drug-likeness (QED) is 0.617. The summed E-state index contributed by atoms with van der Waals surface area (Å²) in [5, 5.41) is 1.70. The molecule has 108 valence electrons. The van der Waals surface area contributed by atoms with E-state index in [1.807, 2.05) is 19.1 Å². The van der Waals surface area contributed by atoms with Gasteiger partial charge in [0.15, 0.2) is 0 Å². The first-order valence-corrected chi connectivity index (χ1v) is 7.08. The van der Waals surface area contributed by atoms with Crippen molar-refractivity contribution >= 4 is 21.8 Å². The first-order valence-electron chi connectivity index (χ1n) is 7.08. The number of aromatic amines is 1. The van der Waals surface area contributed by atoms with Crippen LogP contribution in [0.25, 0.3) is 21.8 Å². The van der Waals surface area contributed by atoms with Crippen molar-refractivity contribution < 1.29 is 0 Å². The van der Waals surface area contributed by atoms with E-state index < -0.39 is 0 Å². The Labute approximate surface area is 126 Å². The Morgan fingerprint density at radius 1 is 1.23 bits per heavy atom. The van der Waals surface area contributed by atoms with E-state index in [1.165, 1.54) is 0 Å². The van der Waals surface area contributed by atoms with Crippen molar-refractivity contribution in [3.05, 3.63) is 70.7 Å². The number of nitrogens with zero attached hydrogens (tertiary/aromatic N) is 3. The number of hydrogen-bond acceptors (Lipinski definition) is 3. The molecular formula is C17H14N4O. The minimum absolute atomic E-state index is 0.0663. The normalized spacial score (nSPS) is 11.3. The minimum atomic E-state index is -0.0663. The average Bonchev–Trinajstić information content (AvgIpc) is 2.90. The molecule has 5 nitrogen and oxygen atoms in total. The molecule has 0 radical (unpaired) electrons. The van der Waals surface area contributed by atoms with Crippen LogP contribution in [0.2, 0.25) is 0 Å². The van der Waals surface area contributed by atoms with Gasteiger partial charge in [0.2, 0.25) is 0 Å². The van der Waals surface area contributed by atoms with Gasteiger partial charge in [0, 0.05) is 23.6 Å². The van der Waals surface area contributed by atoms with E-state index in [0.717, 1.165) is 22.2 Å². The molecule has 0 spiro atoms. The summed E-state index contributed by atoms with van der Waals surface area (Å²) in [7, 11) is 0. The standard InChI is InChI=1S/C17H14N4O/c1-11-6-13-7-12(2-3-15(13)20-11)9-21-10-19-16-4-5-18-8-14(16)17(21)22/h2-8,10,20H,9H2,1H3. The molecule has 0 saturated carbocycles. The largest absolute Gasteiger partial charge is 0.359 e. The summed E-state index contributed by atoms with van der Waals surface area (Å²) in [5.74, 6) is 0. The fraction of sp³-hybridized carbons (Fsp3) is 0.118. The average molecular weight is 290 g/mol. The van der Waals surface area contributed by atoms with Gasteiger partial charge in [0.05, 0.1) is 23.8 Å². The van der Waals surface area contributed by atoms with Gasteiger partial charge in [-0.3, -0.25) is 14.3 Å². The summed E-state index contributed by atoms with van der Waals surface area (Å²) in [6.45, 7) is 2.53. The minimum Gasteiger partial charge on any atom is -0.359 e. The summed E-state index contributed by atoms with van der Waals surface area (Å²) in [5.41, 5.74) is 3.91. The Morgan fingerprint density at radius 3 is 3.05 bits per heavy atom. The number of H-pyrrole nitrogens is 1. The van der Waals surface area contributed by atoms with E-state index in [1.54, 1.807) is 29.4 Å². The molecule has 0 aliphatic heterocycles. The van der Waals surface area contributed by atoms with Crippen molar-refractivity contribution in [1.29, 1.82) is 0 Å². The van der Waals surface area contributed by atoms with Crippen LogP contribution in [0.15, 0.2) is 53.8 Å². The van der Waals surface area contributed by atoms with Crippen molar-refractivity contribution in [2.24, 2.45) is 0 Å². The second-order valence-corrected chi connectivity index (χ2v) is 5.44. The molecule has 0 amide bonds. The summed E-state index contributed by atoms with van der Waals surface area (Å²) in [6.07, 6.45) is 4.80. The molecular weight excluding hydrogens is 276 g/mol. The molecule has 1 N–H and O–H groups in total. The predicted octanol–water partition coefficient (Wildman–Crippen LogP) is 2.63. The molecule has 3 aromatic heterocycles. The van der Waals surface area contributed by atoms with Crippen LogP contribution in [0, 0.1) is 6.92 Å². The van der Waals surface area contributed by atoms with E-state index in [4.69, 9.17) is 0 Å². The molecule has 5 heteroatoms. The van der Waals surface area contributed by atoms with Gasteiger partial charge >= 0.3 is 0 Å². The fourth-order valence-corrected chi connectivity index (χ4v) is 2.74. The van der Waals surface area contributed by atoms with Crippen LogP contribution >= 0.6 is 0 Å². The van der Waals surface area contributed by atoms with E-state index in [-0.39, 0.29) is 5.56 Å². The van der Waals surface area contributed by atoms with Crippen LogP contribution < -0.4 is 5.56 Å². The third-order valence-corrected chi connectivity index (χ3v) is 3.80. The highest BCUT2D eigenvalue weighted by Crippen LogP contribution is 2.17. The van der Waals surface area contributed by atoms with Crippen molar-refractivity contribution in [2.45, 2.75) is 13.5 Å². The second kappa shape index (κ2) is 4.80. The Hall–Kier alpha value is -2.95. The molecule has 0 unspecified atom stereocenters. The summed E-state index contributed by atoms with van der Waals surface area (Å²) >= 11 is 0. The van der Waals surface area contributed by atoms with Gasteiger partial charge in [0.1, 0.15) is 0 Å². The van der Waals surface area contributed by atoms with Gasteiger partial charge in [-0.05, 0) is 42.1 Å². The van der Waals surface area contributed by atoms with Crippen LogP contribution in [-0.2, 0) is 6.54 Å². The summed E-state index contributed by atoms with van der Waals surface area (Å²) in [6, 6.07) is 10.0. The Bertz CT molecular complexity index is 1050. The lowest BCUT2D eigenvalue weighted by molar-refractivity contribution is 0.748. The van der Waals surface area contributed by atoms with Crippen LogP contribution in [0.3, 0.4) is 0 Å². The Balaban J connectivity index is 1.78. The number of aromatic nitrogens is 4. The summed E-state index contributed by atoms with van der Waals surface area (Å²) < 4.78 is 1.62. The highest BCUT2D eigenvalue weighted by molar-refractivity contribution is 5.81. The maximum absolute atomic E-state index is 12.5. The number of rotatable bonds is 2.